The molecule has 0 bridgehead atoms. The zero-order valence-electron chi connectivity index (χ0n) is 14.4. The van der Waals surface area contributed by atoms with Crippen molar-refractivity contribution >= 4 is 11.8 Å². The number of carbonyl (C=O) groups excluding carboxylic acids is 2. The van der Waals surface area contributed by atoms with Crippen molar-refractivity contribution < 1.29 is 19.1 Å². The Morgan fingerprint density at radius 2 is 2.17 bits per heavy atom. The number of piperazine rings is 1. The van der Waals surface area contributed by atoms with E-state index in [1.807, 2.05) is 30.0 Å². The number of carbonyl (C=O) groups is 2. The van der Waals surface area contributed by atoms with E-state index in [-0.39, 0.29) is 18.2 Å². The Labute approximate surface area is 142 Å². The van der Waals surface area contributed by atoms with Gasteiger partial charge in [0.25, 0.3) is 0 Å². The van der Waals surface area contributed by atoms with Gasteiger partial charge in [-0.2, -0.15) is 0 Å². The summed E-state index contributed by atoms with van der Waals surface area (Å²) in [6.07, 6.45) is 0.145. The van der Waals surface area contributed by atoms with Gasteiger partial charge in [-0.3, -0.25) is 14.5 Å². The molecule has 24 heavy (non-hydrogen) atoms. The molecular formula is C17H25N3O4. The second-order valence-electron chi connectivity index (χ2n) is 5.59. The van der Waals surface area contributed by atoms with Gasteiger partial charge in [-0.25, -0.2) is 0 Å². The van der Waals surface area contributed by atoms with Crippen LogP contribution in [0.1, 0.15) is 18.9 Å². The molecule has 1 aromatic carbocycles. The first-order chi connectivity index (χ1) is 11.6. The molecule has 0 radical (unpaired) electrons. The van der Waals surface area contributed by atoms with Crippen LogP contribution in [0.5, 0.6) is 11.5 Å². The third kappa shape index (κ3) is 4.17. The van der Waals surface area contributed by atoms with Gasteiger partial charge in [0.05, 0.1) is 26.7 Å². The minimum atomic E-state index is -0.485. The van der Waals surface area contributed by atoms with Crippen LogP contribution in [0.15, 0.2) is 18.2 Å². The lowest BCUT2D eigenvalue weighted by Crippen LogP contribution is -2.56. The molecule has 0 aromatic heterocycles. The van der Waals surface area contributed by atoms with Crippen LogP contribution in [0.2, 0.25) is 0 Å². The topological polar surface area (TPSA) is 79.9 Å². The van der Waals surface area contributed by atoms with Crippen LogP contribution >= 0.6 is 0 Å². The summed E-state index contributed by atoms with van der Waals surface area (Å²) in [6.45, 7) is 4.17. The van der Waals surface area contributed by atoms with Gasteiger partial charge >= 0.3 is 0 Å². The van der Waals surface area contributed by atoms with E-state index in [9.17, 15) is 9.59 Å². The molecule has 2 N–H and O–H groups in total. The summed E-state index contributed by atoms with van der Waals surface area (Å²) in [7, 11) is 3.18. The Balaban J connectivity index is 2.19. The van der Waals surface area contributed by atoms with Crippen LogP contribution < -0.4 is 20.1 Å². The number of methoxy groups -OCH3 is 2. The fourth-order valence-corrected chi connectivity index (χ4v) is 2.92. The van der Waals surface area contributed by atoms with Crippen molar-refractivity contribution in [1.82, 2.24) is 15.5 Å². The van der Waals surface area contributed by atoms with E-state index in [0.29, 0.717) is 37.7 Å². The number of nitrogens with one attached hydrogen (secondary N) is 2. The second kappa shape index (κ2) is 8.54. The number of para-hydroxylation sites is 1. The highest BCUT2D eigenvalue weighted by atomic mass is 16.5. The van der Waals surface area contributed by atoms with Gasteiger partial charge in [0, 0.05) is 31.7 Å². The number of hydrogen-bond donors (Lipinski definition) is 2. The van der Waals surface area contributed by atoms with E-state index < -0.39 is 6.04 Å². The Hall–Kier alpha value is -2.28. The molecule has 1 aliphatic heterocycles. The monoisotopic (exact) mass is 335 g/mol. The van der Waals surface area contributed by atoms with Crippen LogP contribution in [0.25, 0.3) is 0 Å². The maximum Gasteiger partial charge on any atom is 0.237 e. The number of nitrogens with zero attached hydrogens (tertiary/aromatic N) is 1. The lowest BCUT2D eigenvalue weighted by molar-refractivity contribution is -0.134. The van der Waals surface area contributed by atoms with Gasteiger partial charge in [-0.1, -0.05) is 12.1 Å². The summed E-state index contributed by atoms with van der Waals surface area (Å²) in [6, 6.07) is 5.18. The molecule has 0 saturated carbocycles. The molecule has 0 aliphatic carbocycles. The predicted octanol–water partition coefficient (Wildman–Crippen LogP) is 0.530. The lowest BCUT2D eigenvalue weighted by atomic mass is 10.1. The molecule has 1 saturated heterocycles. The third-order valence-electron chi connectivity index (χ3n) is 4.05. The third-order valence-corrected chi connectivity index (χ3v) is 4.05. The minimum Gasteiger partial charge on any atom is -0.493 e. The Morgan fingerprint density at radius 1 is 1.38 bits per heavy atom. The van der Waals surface area contributed by atoms with Crippen molar-refractivity contribution in [3.63, 3.8) is 0 Å². The quantitative estimate of drug-likeness (QED) is 0.760. The van der Waals surface area contributed by atoms with Gasteiger partial charge in [-0.15, -0.1) is 0 Å². The summed E-state index contributed by atoms with van der Waals surface area (Å²) in [4.78, 5) is 26.1. The van der Waals surface area contributed by atoms with Crippen LogP contribution in [-0.2, 0) is 16.1 Å². The summed E-state index contributed by atoms with van der Waals surface area (Å²) in [5.74, 6) is 1.07. The fourth-order valence-electron chi connectivity index (χ4n) is 2.92. The SMILES string of the molecule is CCNC(=O)C[C@H]1C(=O)NCCN1Cc1cccc(OC)c1OC. The smallest absolute Gasteiger partial charge is 0.237 e. The van der Waals surface area contributed by atoms with Crippen molar-refractivity contribution in [2.45, 2.75) is 25.9 Å². The average molecular weight is 335 g/mol. The van der Waals surface area contributed by atoms with E-state index in [1.54, 1.807) is 14.2 Å². The summed E-state index contributed by atoms with van der Waals surface area (Å²) in [5, 5.41) is 5.58. The van der Waals surface area contributed by atoms with Crippen molar-refractivity contribution in [1.29, 1.82) is 0 Å². The highest BCUT2D eigenvalue weighted by Crippen LogP contribution is 2.32. The standard InChI is InChI=1S/C17H25N3O4/c1-4-18-15(21)10-13-17(22)19-8-9-20(13)11-12-6-5-7-14(23-2)16(12)24-3/h5-7,13H,4,8-11H2,1-3H3,(H,18,21)(H,19,22)/t13-/m0/s1. The van der Waals surface area contributed by atoms with Gasteiger partial charge < -0.3 is 20.1 Å². The second-order valence-corrected chi connectivity index (χ2v) is 5.59. The van der Waals surface area contributed by atoms with Crippen LogP contribution in [0.4, 0.5) is 0 Å². The first-order valence-electron chi connectivity index (χ1n) is 8.09. The Bertz CT molecular complexity index is 591. The molecule has 132 valence electrons. The Kier molecular flexibility index (Phi) is 6.43. The zero-order chi connectivity index (χ0) is 17.5. The number of amides is 2. The van der Waals surface area contributed by atoms with Gasteiger partial charge in [0.2, 0.25) is 11.8 Å². The van der Waals surface area contributed by atoms with Crippen LogP contribution in [-0.4, -0.2) is 56.6 Å². The molecule has 7 nitrogen and oxygen atoms in total. The molecule has 0 unspecified atom stereocenters. The van der Waals surface area contributed by atoms with Crippen LogP contribution in [0, 0.1) is 0 Å². The average Bonchev–Trinajstić information content (AvgIpc) is 2.58. The van der Waals surface area contributed by atoms with Gasteiger partial charge in [0.15, 0.2) is 11.5 Å². The molecule has 1 atom stereocenters. The molecule has 1 aromatic rings. The molecule has 1 fully saturated rings. The summed E-state index contributed by atoms with van der Waals surface area (Å²) < 4.78 is 10.8. The normalized spacial score (nSPS) is 18.0. The maximum absolute atomic E-state index is 12.2. The van der Waals surface area contributed by atoms with Crippen LogP contribution in [0.3, 0.4) is 0 Å². The van der Waals surface area contributed by atoms with Gasteiger partial charge in [-0.05, 0) is 13.0 Å². The number of rotatable bonds is 7. The van der Waals surface area contributed by atoms with Crippen molar-refractivity contribution in [3.05, 3.63) is 23.8 Å². The lowest BCUT2D eigenvalue weighted by Gasteiger charge is -2.35. The largest absolute Gasteiger partial charge is 0.493 e. The molecule has 2 rings (SSSR count). The number of ether oxygens (including phenoxy) is 2. The number of hydrogen-bond acceptors (Lipinski definition) is 5. The van der Waals surface area contributed by atoms with E-state index in [0.717, 1.165) is 5.56 Å². The van der Waals surface area contributed by atoms with Crippen molar-refractivity contribution in [3.8, 4) is 11.5 Å². The van der Waals surface area contributed by atoms with E-state index in [2.05, 4.69) is 10.6 Å². The molecular weight excluding hydrogens is 310 g/mol. The minimum absolute atomic E-state index is 0.116. The predicted molar refractivity (Wildman–Crippen MR) is 90.1 cm³/mol. The summed E-state index contributed by atoms with van der Waals surface area (Å²) >= 11 is 0. The maximum atomic E-state index is 12.2. The number of benzene rings is 1. The van der Waals surface area contributed by atoms with E-state index >= 15 is 0 Å². The van der Waals surface area contributed by atoms with E-state index in [1.165, 1.54) is 0 Å². The Morgan fingerprint density at radius 3 is 2.83 bits per heavy atom. The molecule has 7 heteroatoms. The first kappa shape index (κ1) is 18.1. The van der Waals surface area contributed by atoms with Crippen molar-refractivity contribution in [2.24, 2.45) is 0 Å². The molecule has 2 amide bonds. The highest BCUT2D eigenvalue weighted by Gasteiger charge is 2.32. The molecule has 0 spiro atoms. The highest BCUT2D eigenvalue weighted by molar-refractivity contribution is 5.88. The van der Waals surface area contributed by atoms with Gasteiger partial charge in [0.1, 0.15) is 0 Å². The first-order valence-corrected chi connectivity index (χ1v) is 8.09. The van der Waals surface area contributed by atoms with E-state index in [4.69, 9.17) is 9.47 Å². The van der Waals surface area contributed by atoms with Crippen molar-refractivity contribution in [2.75, 3.05) is 33.9 Å². The molecule has 1 aliphatic rings. The fraction of sp³-hybridized carbons (Fsp3) is 0.529. The molecule has 1 heterocycles. The zero-order valence-corrected chi connectivity index (χ0v) is 14.4. The summed E-state index contributed by atoms with van der Waals surface area (Å²) in [5.41, 5.74) is 0.924.